The summed E-state index contributed by atoms with van der Waals surface area (Å²) in [6, 6.07) is 10.6. The van der Waals surface area contributed by atoms with Crippen molar-refractivity contribution in [1.82, 2.24) is 0 Å². The lowest BCUT2D eigenvalue weighted by molar-refractivity contribution is -0.122. The molecule has 1 unspecified atom stereocenters. The molecule has 142 valence electrons. The molecule has 1 fully saturated rings. The average Bonchev–Trinajstić information content (AvgIpc) is 3.05. The fraction of sp³-hybridized carbons (Fsp3) is 0.300. The summed E-state index contributed by atoms with van der Waals surface area (Å²) in [5.41, 5.74) is 2.16. The molecule has 1 aliphatic heterocycles. The van der Waals surface area contributed by atoms with Gasteiger partial charge in [-0.15, -0.1) is 0 Å². The number of rotatable bonds is 5. The Labute approximate surface area is 163 Å². The summed E-state index contributed by atoms with van der Waals surface area (Å²) >= 11 is 6.16. The van der Waals surface area contributed by atoms with Gasteiger partial charge in [-0.1, -0.05) is 17.7 Å². The molecule has 0 saturated carbocycles. The van der Waals surface area contributed by atoms with Gasteiger partial charge in [-0.2, -0.15) is 0 Å². The van der Waals surface area contributed by atoms with Crippen LogP contribution in [0.3, 0.4) is 0 Å². The maximum Gasteiger partial charge on any atom is 0.229 e. The van der Waals surface area contributed by atoms with Crippen LogP contribution in [0.25, 0.3) is 0 Å². The third-order valence-corrected chi connectivity index (χ3v) is 5.09. The van der Waals surface area contributed by atoms with Crippen LogP contribution in [-0.4, -0.2) is 32.6 Å². The van der Waals surface area contributed by atoms with Crippen LogP contribution in [0.2, 0.25) is 5.02 Å². The second-order valence-corrected chi connectivity index (χ2v) is 6.76. The van der Waals surface area contributed by atoms with Gasteiger partial charge >= 0.3 is 0 Å². The topological polar surface area (TPSA) is 67.9 Å². The van der Waals surface area contributed by atoms with Gasteiger partial charge in [0, 0.05) is 35.4 Å². The van der Waals surface area contributed by atoms with Crippen LogP contribution in [0.4, 0.5) is 11.4 Å². The van der Waals surface area contributed by atoms with E-state index in [4.69, 9.17) is 21.1 Å². The third kappa shape index (κ3) is 3.85. The predicted molar refractivity (Wildman–Crippen MR) is 105 cm³/mol. The SMILES string of the molecule is COc1ccc(NC(=O)C2CC(=O)N(c3cccc(Cl)c3C)C2)cc1OC. The highest BCUT2D eigenvalue weighted by atomic mass is 35.5. The summed E-state index contributed by atoms with van der Waals surface area (Å²) in [4.78, 5) is 26.7. The van der Waals surface area contributed by atoms with Gasteiger partial charge in [0.2, 0.25) is 11.8 Å². The van der Waals surface area contributed by atoms with E-state index in [2.05, 4.69) is 5.32 Å². The Hall–Kier alpha value is -2.73. The lowest BCUT2D eigenvalue weighted by atomic mass is 10.1. The largest absolute Gasteiger partial charge is 0.493 e. The first-order chi connectivity index (χ1) is 12.9. The normalized spacial score (nSPS) is 16.4. The molecule has 0 bridgehead atoms. The van der Waals surface area contributed by atoms with Crippen LogP contribution in [0.15, 0.2) is 36.4 Å². The lowest BCUT2D eigenvalue weighted by Gasteiger charge is -2.19. The molecule has 1 N–H and O–H groups in total. The first-order valence-corrected chi connectivity index (χ1v) is 8.90. The number of nitrogens with one attached hydrogen (secondary N) is 1. The molecule has 1 heterocycles. The predicted octanol–water partition coefficient (Wildman–Crippen LogP) is 3.66. The fourth-order valence-electron chi connectivity index (χ4n) is 3.16. The Morgan fingerprint density at radius 1 is 1.19 bits per heavy atom. The van der Waals surface area contributed by atoms with Crippen LogP contribution in [0.1, 0.15) is 12.0 Å². The molecule has 7 heteroatoms. The van der Waals surface area contributed by atoms with Crippen LogP contribution in [0.5, 0.6) is 11.5 Å². The maximum absolute atomic E-state index is 12.7. The van der Waals surface area contributed by atoms with E-state index < -0.39 is 5.92 Å². The van der Waals surface area contributed by atoms with Crippen molar-refractivity contribution in [1.29, 1.82) is 0 Å². The molecular formula is C20H21ClN2O4. The molecule has 0 aliphatic carbocycles. The molecular weight excluding hydrogens is 368 g/mol. The number of halogens is 1. The number of carbonyl (C=O) groups excluding carboxylic acids is 2. The Kier molecular flexibility index (Phi) is 5.56. The van der Waals surface area contributed by atoms with Crippen molar-refractivity contribution in [3.8, 4) is 11.5 Å². The van der Waals surface area contributed by atoms with E-state index >= 15 is 0 Å². The summed E-state index contributed by atoms with van der Waals surface area (Å²) in [6.45, 7) is 2.18. The highest BCUT2D eigenvalue weighted by Gasteiger charge is 2.36. The molecule has 0 spiro atoms. The zero-order valence-corrected chi connectivity index (χ0v) is 16.2. The minimum atomic E-state index is -0.441. The lowest BCUT2D eigenvalue weighted by Crippen LogP contribution is -2.28. The number of anilines is 2. The number of methoxy groups -OCH3 is 2. The fourth-order valence-corrected chi connectivity index (χ4v) is 3.33. The Morgan fingerprint density at radius 2 is 1.93 bits per heavy atom. The summed E-state index contributed by atoms with van der Waals surface area (Å²) in [7, 11) is 3.08. The average molecular weight is 389 g/mol. The second kappa shape index (κ2) is 7.88. The van der Waals surface area contributed by atoms with E-state index in [0.29, 0.717) is 28.8 Å². The molecule has 1 aliphatic rings. The van der Waals surface area contributed by atoms with E-state index in [9.17, 15) is 9.59 Å². The van der Waals surface area contributed by atoms with Crippen molar-refractivity contribution < 1.29 is 19.1 Å². The quantitative estimate of drug-likeness (QED) is 0.848. The van der Waals surface area contributed by atoms with Crippen molar-refractivity contribution in [2.45, 2.75) is 13.3 Å². The first kappa shape index (κ1) is 19.0. The van der Waals surface area contributed by atoms with Crippen LogP contribution < -0.4 is 19.7 Å². The molecule has 6 nitrogen and oxygen atoms in total. The number of amides is 2. The molecule has 27 heavy (non-hydrogen) atoms. The summed E-state index contributed by atoms with van der Waals surface area (Å²) in [5.74, 6) is 0.359. The van der Waals surface area contributed by atoms with E-state index in [0.717, 1.165) is 11.3 Å². The first-order valence-electron chi connectivity index (χ1n) is 8.53. The number of hydrogen-bond donors (Lipinski definition) is 1. The highest BCUT2D eigenvalue weighted by molar-refractivity contribution is 6.31. The van der Waals surface area contributed by atoms with Gasteiger partial charge in [-0.3, -0.25) is 9.59 Å². The van der Waals surface area contributed by atoms with Gasteiger partial charge in [-0.05, 0) is 36.8 Å². The number of hydrogen-bond acceptors (Lipinski definition) is 4. The van der Waals surface area contributed by atoms with Gasteiger partial charge in [0.1, 0.15) is 0 Å². The highest BCUT2D eigenvalue weighted by Crippen LogP contribution is 2.33. The van der Waals surface area contributed by atoms with Crippen molar-refractivity contribution in [2.24, 2.45) is 5.92 Å². The Bertz CT molecular complexity index is 884. The zero-order valence-electron chi connectivity index (χ0n) is 15.4. The number of nitrogens with zero attached hydrogens (tertiary/aromatic N) is 1. The molecule has 2 amide bonds. The molecule has 1 atom stereocenters. The number of ether oxygens (including phenoxy) is 2. The number of benzene rings is 2. The minimum absolute atomic E-state index is 0.0900. The minimum Gasteiger partial charge on any atom is -0.493 e. The van der Waals surface area contributed by atoms with Crippen molar-refractivity contribution in [3.63, 3.8) is 0 Å². The van der Waals surface area contributed by atoms with Crippen molar-refractivity contribution in [2.75, 3.05) is 31.0 Å². The Morgan fingerprint density at radius 3 is 2.63 bits per heavy atom. The van der Waals surface area contributed by atoms with Gasteiger partial charge in [0.25, 0.3) is 0 Å². The smallest absolute Gasteiger partial charge is 0.229 e. The maximum atomic E-state index is 12.7. The van der Waals surface area contributed by atoms with Gasteiger partial charge in [0.05, 0.1) is 20.1 Å². The van der Waals surface area contributed by atoms with E-state index in [1.165, 1.54) is 7.11 Å². The third-order valence-electron chi connectivity index (χ3n) is 4.68. The molecule has 1 saturated heterocycles. The molecule has 3 rings (SSSR count). The van der Waals surface area contributed by atoms with Crippen LogP contribution >= 0.6 is 11.6 Å². The summed E-state index contributed by atoms with van der Waals surface area (Å²) in [6.07, 6.45) is 0.158. The summed E-state index contributed by atoms with van der Waals surface area (Å²) < 4.78 is 10.4. The van der Waals surface area contributed by atoms with Crippen LogP contribution in [0, 0.1) is 12.8 Å². The van der Waals surface area contributed by atoms with E-state index in [1.807, 2.05) is 13.0 Å². The Balaban J connectivity index is 1.73. The zero-order chi connectivity index (χ0) is 19.6. The molecule has 0 aromatic heterocycles. The van der Waals surface area contributed by atoms with Crippen molar-refractivity contribution >= 4 is 34.8 Å². The molecule has 2 aromatic carbocycles. The summed E-state index contributed by atoms with van der Waals surface area (Å²) in [5, 5.41) is 3.44. The van der Waals surface area contributed by atoms with Gasteiger partial charge in [-0.25, -0.2) is 0 Å². The van der Waals surface area contributed by atoms with E-state index in [1.54, 1.807) is 42.3 Å². The van der Waals surface area contributed by atoms with E-state index in [-0.39, 0.29) is 18.2 Å². The second-order valence-electron chi connectivity index (χ2n) is 6.35. The van der Waals surface area contributed by atoms with Gasteiger partial charge in [0.15, 0.2) is 11.5 Å². The standard InChI is InChI=1S/C20H21ClN2O4/c1-12-15(21)5-4-6-16(12)23-11-13(9-19(23)24)20(25)22-14-7-8-17(26-2)18(10-14)27-3/h4-8,10,13H,9,11H2,1-3H3,(H,22,25). The monoisotopic (exact) mass is 388 g/mol. The van der Waals surface area contributed by atoms with Crippen LogP contribution in [-0.2, 0) is 9.59 Å². The molecule has 0 radical (unpaired) electrons. The molecule has 2 aromatic rings. The van der Waals surface area contributed by atoms with Crippen molar-refractivity contribution in [3.05, 3.63) is 47.0 Å². The van der Waals surface area contributed by atoms with Gasteiger partial charge < -0.3 is 19.7 Å². The number of carbonyl (C=O) groups is 2.